The molecule has 0 saturated carbocycles. The number of hydrogen-bond donors (Lipinski definition) is 0. The Morgan fingerprint density at radius 2 is 0.649 bits per heavy atom. The summed E-state index contributed by atoms with van der Waals surface area (Å²) < 4.78 is 0. The number of unbranched alkanes of at least 4 members (excludes halogenated alkanes) is 20. The van der Waals surface area contributed by atoms with Gasteiger partial charge in [0.1, 0.15) is 0 Å². The summed E-state index contributed by atoms with van der Waals surface area (Å²) in [7, 11) is 0. The van der Waals surface area contributed by atoms with Crippen LogP contribution in [0.15, 0.2) is 143 Å². The van der Waals surface area contributed by atoms with E-state index in [0.29, 0.717) is 0 Å². The lowest BCUT2D eigenvalue weighted by Crippen LogP contribution is -2.26. The first-order chi connectivity index (χ1) is 37.9. The van der Waals surface area contributed by atoms with E-state index in [0.717, 1.165) is 0 Å². The maximum absolute atomic E-state index is 2.70. The van der Waals surface area contributed by atoms with Gasteiger partial charge in [0, 0.05) is 15.2 Å². The number of aryl methyl sites for hydroxylation is 4. The van der Waals surface area contributed by atoms with Gasteiger partial charge in [-0.15, -0.1) is 23.5 Å². The van der Waals surface area contributed by atoms with E-state index in [2.05, 4.69) is 185 Å². The summed E-state index contributed by atoms with van der Waals surface area (Å²) in [6, 6.07) is 51.9. The van der Waals surface area contributed by atoms with Gasteiger partial charge in [-0.05, 0) is 201 Å². The Kier molecular flexibility index (Phi) is 22.0. The molecule has 1 aliphatic rings. The van der Waals surface area contributed by atoms with Crippen molar-refractivity contribution in [3.05, 3.63) is 167 Å². The monoisotopic (exact) mass is 1060 g/mol. The summed E-state index contributed by atoms with van der Waals surface area (Å²) in [6.45, 7) is 9.56. The van der Waals surface area contributed by atoms with Crippen molar-refractivity contribution < 1.29 is 0 Å². The molecule has 0 aromatic heterocycles. The second-order valence-corrected chi connectivity index (χ2v) is 25.9. The first kappa shape index (κ1) is 57.2. The van der Waals surface area contributed by atoms with Crippen molar-refractivity contribution in [3.8, 4) is 11.1 Å². The third kappa shape index (κ3) is 15.5. The van der Waals surface area contributed by atoms with Crippen LogP contribution in [0.2, 0.25) is 0 Å². The van der Waals surface area contributed by atoms with Crippen LogP contribution in [-0.2, 0) is 18.3 Å². The zero-order valence-corrected chi connectivity index (χ0v) is 49.9. The summed E-state index contributed by atoms with van der Waals surface area (Å²) in [6.07, 6.45) is 37.3. The molecule has 8 aromatic carbocycles. The second kappa shape index (κ2) is 29.6. The average Bonchev–Trinajstić information content (AvgIpc) is 3.96. The molecule has 0 atom stereocenters. The molecule has 0 amide bonds. The molecule has 9 rings (SSSR count). The summed E-state index contributed by atoms with van der Waals surface area (Å²) in [5.41, 5.74) is 12.6. The van der Waals surface area contributed by atoms with Crippen LogP contribution in [0.4, 0.5) is 0 Å². The lowest BCUT2D eigenvalue weighted by atomic mass is 9.70. The Labute approximate surface area is 475 Å². The first-order valence-corrected chi connectivity index (χ1v) is 33.3. The summed E-state index contributed by atoms with van der Waals surface area (Å²) in [5.74, 6) is 2.44. The number of hydrogen-bond acceptors (Lipinski definition) is 2. The molecule has 0 N–H and O–H groups in total. The van der Waals surface area contributed by atoms with E-state index in [1.165, 1.54) is 266 Å². The van der Waals surface area contributed by atoms with E-state index in [1.54, 1.807) is 22.3 Å². The average molecular weight is 1060 g/mol. The minimum absolute atomic E-state index is 0.133. The normalized spacial score (nSPS) is 12.9. The third-order valence-corrected chi connectivity index (χ3v) is 20.1. The third-order valence-electron chi connectivity index (χ3n) is 17.6. The molecule has 8 aromatic rings. The van der Waals surface area contributed by atoms with E-state index in [9.17, 15) is 0 Å². The fraction of sp³-hybridized carbons (Fsp3) is 0.467. The van der Waals surface area contributed by atoms with Gasteiger partial charge in [-0.3, -0.25) is 0 Å². The fourth-order valence-electron chi connectivity index (χ4n) is 13.1. The van der Waals surface area contributed by atoms with E-state index < -0.39 is 0 Å². The maximum atomic E-state index is 2.70. The fourth-order valence-corrected chi connectivity index (χ4v) is 15.2. The smallest absolute Gasteiger partial charge is 0.0215 e. The predicted octanol–water partition coefficient (Wildman–Crippen LogP) is 24.0. The molecular formula is C75H94S2. The minimum Gasteiger partial charge on any atom is -0.126 e. The highest BCUT2D eigenvalue weighted by molar-refractivity contribution is 7.99. The van der Waals surface area contributed by atoms with Gasteiger partial charge in [-0.1, -0.05) is 239 Å². The molecule has 0 aliphatic heterocycles. The quantitative estimate of drug-likeness (QED) is 0.0224. The standard InChI is InChI=1S/C75H94S2/c1-5-7-9-11-19-29-43-75(44-30-20-12-10-8-6-2)71-47-57(3)73(76-45-31-21-15-13-17-23-33-59-39-41-65-51-61-35-25-27-37-63(61)53-67(65)49-59)55-69(71)70-56-74(58(4)48-72(70)75)77-46-32-22-16-14-18-24-34-60-40-42-66-52-62-36-26-28-38-64(62)54-68(66)50-60/h25-28,35-42,47-56H,5-24,29-34,43-46H2,1-4H3. The van der Waals surface area contributed by atoms with Crippen molar-refractivity contribution in [2.75, 3.05) is 11.5 Å². The number of fused-ring (bicyclic) bond motifs is 7. The highest BCUT2D eigenvalue weighted by Crippen LogP contribution is 2.56. The number of thioether (sulfide) groups is 2. The first-order valence-electron chi connectivity index (χ1n) is 31.3. The molecular weight excluding hydrogens is 965 g/mol. The second-order valence-electron chi connectivity index (χ2n) is 23.6. The van der Waals surface area contributed by atoms with Crippen molar-refractivity contribution in [1.82, 2.24) is 0 Å². The summed E-state index contributed by atoms with van der Waals surface area (Å²) in [4.78, 5) is 3.04. The van der Waals surface area contributed by atoms with Crippen molar-refractivity contribution in [1.29, 1.82) is 0 Å². The van der Waals surface area contributed by atoms with Crippen molar-refractivity contribution >= 4 is 66.6 Å². The van der Waals surface area contributed by atoms with Crippen LogP contribution in [0.1, 0.15) is 214 Å². The number of benzene rings is 8. The van der Waals surface area contributed by atoms with Gasteiger partial charge in [0.25, 0.3) is 0 Å². The van der Waals surface area contributed by atoms with Gasteiger partial charge in [0.05, 0.1) is 0 Å². The van der Waals surface area contributed by atoms with Crippen LogP contribution in [-0.4, -0.2) is 11.5 Å². The molecule has 0 heterocycles. The lowest BCUT2D eigenvalue weighted by Gasteiger charge is -2.33. The largest absolute Gasteiger partial charge is 0.126 e. The van der Waals surface area contributed by atoms with Crippen molar-refractivity contribution in [3.63, 3.8) is 0 Å². The Morgan fingerprint density at radius 1 is 0.312 bits per heavy atom. The van der Waals surface area contributed by atoms with E-state index in [1.807, 2.05) is 0 Å². The van der Waals surface area contributed by atoms with Crippen LogP contribution in [0, 0.1) is 13.8 Å². The zero-order valence-electron chi connectivity index (χ0n) is 48.2. The molecule has 0 radical (unpaired) electrons. The Balaban J connectivity index is 0.789. The summed E-state index contributed by atoms with van der Waals surface area (Å²) in [5, 5.41) is 10.8. The Morgan fingerprint density at radius 3 is 1.05 bits per heavy atom. The SMILES string of the molecule is CCCCCCCCC1(CCCCCCCC)c2cc(C)c(SCCCCCCCCc3ccc4cc5ccccc5cc4c3)cc2-c2cc(SCCCCCCCCc3ccc4cc5ccccc5cc4c3)c(C)cc21. The van der Waals surface area contributed by atoms with Crippen LogP contribution >= 0.6 is 23.5 Å². The Bertz CT molecular complexity index is 2910. The van der Waals surface area contributed by atoms with Crippen LogP contribution in [0.25, 0.3) is 54.2 Å². The molecule has 0 spiro atoms. The Hall–Kier alpha value is -4.50. The van der Waals surface area contributed by atoms with E-state index >= 15 is 0 Å². The highest BCUT2D eigenvalue weighted by atomic mass is 32.2. The molecule has 0 bridgehead atoms. The zero-order chi connectivity index (χ0) is 53.1. The molecule has 0 unspecified atom stereocenters. The molecule has 2 heteroatoms. The summed E-state index contributed by atoms with van der Waals surface area (Å²) >= 11 is 4.28. The van der Waals surface area contributed by atoms with Gasteiger partial charge in [-0.2, -0.15) is 0 Å². The van der Waals surface area contributed by atoms with Gasteiger partial charge in [-0.25, -0.2) is 0 Å². The van der Waals surface area contributed by atoms with E-state index in [-0.39, 0.29) is 5.41 Å². The van der Waals surface area contributed by atoms with E-state index in [4.69, 9.17) is 0 Å². The molecule has 1 aliphatic carbocycles. The van der Waals surface area contributed by atoms with Crippen molar-refractivity contribution in [2.24, 2.45) is 0 Å². The topological polar surface area (TPSA) is 0 Å². The molecule has 0 nitrogen and oxygen atoms in total. The van der Waals surface area contributed by atoms with Crippen LogP contribution in [0.3, 0.4) is 0 Å². The maximum Gasteiger partial charge on any atom is 0.0215 e. The van der Waals surface area contributed by atoms with Crippen molar-refractivity contribution in [2.45, 2.75) is 223 Å². The van der Waals surface area contributed by atoms with Crippen LogP contribution < -0.4 is 0 Å². The predicted molar refractivity (Wildman–Crippen MR) is 345 cm³/mol. The highest BCUT2D eigenvalue weighted by Gasteiger charge is 2.43. The number of rotatable bonds is 34. The van der Waals surface area contributed by atoms with Gasteiger partial charge in [0.2, 0.25) is 0 Å². The molecule has 406 valence electrons. The molecule has 0 fully saturated rings. The van der Waals surface area contributed by atoms with Gasteiger partial charge >= 0.3 is 0 Å². The van der Waals surface area contributed by atoms with Gasteiger partial charge < -0.3 is 0 Å². The molecule has 77 heavy (non-hydrogen) atoms. The van der Waals surface area contributed by atoms with Crippen LogP contribution in [0.5, 0.6) is 0 Å². The lowest BCUT2D eigenvalue weighted by molar-refractivity contribution is 0.397. The minimum atomic E-state index is 0.133. The van der Waals surface area contributed by atoms with Gasteiger partial charge in [0.15, 0.2) is 0 Å². The molecule has 0 saturated heterocycles.